The molecule has 0 saturated carbocycles. The van der Waals surface area contributed by atoms with Gasteiger partial charge in [-0.15, -0.1) is 0 Å². The third-order valence-electron chi connectivity index (χ3n) is 3.15. The summed E-state index contributed by atoms with van der Waals surface area (Å²) in [7, 11) is -3.82. The van der Waals surface area contributed by atoms with E-state index >= 15 is 0 Å². The van der Waals surface area contributed by atoms with Crippen molar-refractivity contribution in [1.82, 2.24) is 4.98 Å². The number of nitrogens with one attached hydrogen (secondary N) is 2. The molecule has 1 aromatic heterocycles. The molecule has 22 heavy (non-hydrogen) atoms. The molecule has 2 N–H and O–H groups in total. The SMILES string of the molecule is Cc1ccc(Cl)cc1NS(=O)(=O)c1ccc2[nH]c(=O)oc2c1. The topological polar surface area (TPSA) is 92.2 Å². The maximum Gasteiger partial charge on any atom is 0.417 e. The first kappa shape index (κ1) is 14.7. The number of oxazole rings is 1. The molecule has 0 spiro atoms. The van der Waals surface area contributed by atoms with Crippen LogP contribution in [0.2, 0.25) is 5.02 Å². The molecular formula is C14H11ClN2O4S. The lowest BCUT2D eigenvalue weighted by molar-refractivity contribution is 0.554. The Kier molecular flexibility index (Phi) is 3.46. The summed E-state index contributed by atoms with van der Waals surface area (Å²) in [6.07, 6.45) is 0. The van der Waals surface area contributed by atoms with Gasteiger partial charge in [0.1, 0.15) is 0 Å². The number of fused-ring (bicyclic) bond motifs is 1. The Balaban J connectivity index is 2.03. The average Bonchev–Trinajstić information content (AvgIpc) is 2.81. The lowest BCUT2D eigenvalue weighted by atomic mass is 10.2. The van der Waals surface area contributed by atoms with Crippen molar-refractivity contribution in [2.45, 2.75) is 11.8 Å². The number of aryl methyl sites for hydroxylation is 1. The quantitative estimate of drug-likeness (QED) is 0.768. The smallest absolute Gasteiger partial charge is 0.408 e. The highest BCUT2D eigenvalue weighted by atomic mass is 35.5. The fourth-order valence-corrected chi connectivity index (χ4v) is 3.31. The molecule has 2 aromatic carbocycles. The van der Waals surface area contributed by atoms with Gasteiger partial charge in [-0.1, -0.05) is 17.7 Å². The zero-order valence-electron chi connectivity index (χ0n) is 11.4. The van der Waals surface area contributed by atoms with Gasteiger partial charge in [0, 0.05) is 11.1 Å². The predicted molar refractivity (Wildman–Crippen MR) is 83.8 cm³/mol. The summed E-state index contributed by atoms with van der Waals surface area (Å²) in [6.45, 7) is 1.77. The van der Waals surface area contributed by atoms with E-state index in [2.05, 4.69) is 9.71 Å². The fraction of sp³-hybridized carbons (Fsp3) is 0.0714. The first-order chi connectivity index (χ1) is 10.3. The van der Waals surface area contributed by atoms with Gasteiger partial charge in [-0.05, 0) is 36.8 Å². The minimum atomic E-state index is -3.82. The van der Waals surface area contributed by atoms with Crippen molar-refractivity contribution in [2.75, 3.05) is 4.72 Å². The van der Waals surface area contributed by atoms with Crippen LogP contribution in [0, 0.1) is 6.92 Å². The Morgan fingerprint density at radius 2 is 1.95 bits per heavy atom. The third kappa shape index (κ3) is 2.72. The van der Waals surface area contributed by atoms with Crippen LogP contribution < -0.4 is 10.5 Å². The van der Waals surface area contributed by atoms with Gasteiger partial charge < -0.3 is 4.42 Å². The lowest BCUT2D eigenvalue weighted by Crippen LogP contribution is -2.13. The van der Waals surface area contributed by atoms with Crippen LogP contribution in [-0.4, -0.2) is 13.4 Å². The molecule has 0 bridgehead atoms. The summed E-state index contributed by atoms with van der Waals surface area (Å²) >= 11 is 5.88. The molecule has 1 heterocycles. The highest BCUT2D eigenvalue weighted by molar-refractivity contribution is 7.92. The highest BCUT2D eigenvalue weighted by Crippen LogP contribution is 2.24. The second-order valence-electron chi connectivity index (χ2n) is 4.74. The molecule has 0 fully saturated rings. The Labute approximate surface area is 130 Å². The molecule has 114 valence electrons. The first-order valence-electron chi connectivity index (χ1n) is 6.27. The van der Waals surface area contributed by atoms with Crippen molar-refractivity contribution in [3.8, 4) is 0 Å². The number of halogens is 1. The van der Waals surface area contributed by atoms with Crippen LogP contribution >= 0.6 is 11.6 Å². The van der Waals surface area contributed by atoms with Crippen molar-refractivity contribution >= 4 is 38.4 Å². The number of benzene rings is 2. The molecule has 0 aliphatic heterocycles. The maximum absolute atomic E-state index is 12.4. The zero-order chi connectivity index (χ0) is 15.9. The van der Waals surface area contributed by atoms with E-state index in [1.54, 1.807) is 19.1 Å². The van der Waals surface area contributed by atoms with Gasteiger partial charge >= 0.3 is 5.76 Å². The van der Waals surface area contributed by atoms with Crippen molar-refractivity contribution in [1.29, 1.82) is 0 Å². The number of aromatic nitrogens is 1. The summed E-state index contributed by atoms with van der Waals surface area (Å²) in [6, 6.07) is 9.07. The minimum Gasteiger partial charge on any atom is -0.408 e. The molecule has 0 amide bonds. The normalized spacial score (nSPS) is 11.7. The second-order valence-corrected chi connectivity index (χ2v) is 6.86. The number of hydrogen-bond donors (Lipinski definition) is 2. The number of H-pyrrole nitrogens is 1. The van der Waals surface area contributed by atoms with Crippen LogP contribution in [-0.2, 0) is 10.0 Å². The lowest BCUT2D eigenvalue weighted by Gasteiger charge is -2.10. The van der Waals surface area contributed by atoms with Crippen LogP contribution in [0.5, 0.6) is 0 Å². The summed E-state index contributed by atoms with van der Waals surface area (Å²) in [5, 5.41) is 0.426. The molecule has 0 atom stereocenters. The summed E-state index contributed by atoms with van der Waals surface area (Å²) in [4.78, 5) is 13.6. The Morgan fingerprint density at radius 1 is 1.18 bits per heavy atom. The standard InChI is InChI=1S/C14H11ClN2O4S/c1-8-2-3-9(15)6-12(8)17-22(19,20)10-4-5-11-13(7-10)21-14(18)16-11/h2-7,17H,1H3,(H,16,18). The van der Waals surface area contributed by atoms with Gasteiger partial charge in [0.15, 0.2) is 5.58 Å². The second kappa shape index (κ2) is 5.19. The largest absolute Gasteiger partial charge is 0.417 e. The van der Waals surface area contributed by atoms with Gasteiger partial charge in [-0.25, -0.2) is 13.2 Å². The van der Waals surface area contributed by atoms with E-state index in [1.165, 1.54) is 24.3 Å². The molecule has 0 radical (unpaired) electrons. The molecule has 0 aliphatic rings. The van der Waals surface area contributed by atoms with Crippen LogP contribution in [0.15, 0.2) is 50.5 Å². The minimum absolute atomic E-state index is 0.0119. The molecule has 0 unspecified atom stereocenters. The molecule has 3 aromatic rings. The van der Waals surface area contributed by atoms with Crippen LogP contribution in [0.4, 0.5) is 5.69 Å². The monoisotopic (exact) mass is 338 g/mol. The van der Waals surface area contributed by atoms with Gasteiger partial charge in [0.25, 0.3) is 10.0 Å². The summed E-state index contributed by atoms with van der Waals surface area (Å²) in [5.41, 5.74) is 1.74. The molecule has 0 aliphatic carbocycles. The number of aromatic amines is 1. The number of hydrogen-bond acceptors (Lipinski definition) is 4. The number of sulfonamides is 1. The maximum atomic E-state index is 12.4. The molecule has 0 saturated heterocycles. The number of anilines is 1. The van der Waals surface area contributed by atoms with Crippen LogP contribution in [0.1, 0.15) is 5.56 Å². The highest BCUT2D eigenvalue weighted by Gasteiger charge is 2.17. The van der Waals surface area contributed by atoms with E-state index in [0.717, 1.165) is 5.56 Å². The zero-order valence-corrected chi connectivity index (χ0v) is 13.0. The predicted octanol–water partition coefficient (Wildman–Crippen LogP) is 2.88. The first-order valence-corrected chi connectivity index (χ1v) is 8.13. The fourth-order valence-electron chi connectivity index (χ4n) is 2.00. The average molecular weight is 339 g/mol. The van der Waals surface area contributed by atoms with Crippen LogP contribution in [0.3, 0.4) is 0 Å². The summed E-state index contributed by atoms with van der Waals surface area (Å²) in [5.74, 6) is -0.636. The van der Waals surface area contributed by atoms with Crippen molar-refractivity contribution < 1.29 is 12.8 Å². The van der Waals surface area contributed by atoms with E-state index in [1.807, 2.05) is 0 Å². The van der Waals surface area contributed by atoms with Crippen molar-refractivity contribution in [3.05, 3.63) is 57.5 Å². The van der Waals surface area contributed by atoms with Gasteiger partial charge in [-0.3, -0.25) is 9.71 Å². The Bertz CT molecular complexity index is 1020. The van der Waals surface area contributed by atoms with Crippen LogP contribution in [0.25, 0.3) is 11.1 Å². The van der Waals surface area contributed by atoms with E-state index in [4.69, 9.17) is 16.0 Å². The number of rotatable bonds is 3. The van der Waals surface area contributed by atoms with E-state index in [-0.39, 0.29) is 10.5 Å². The van der Waals surface area contributed by atoms with Gasteiger partial charge in [0.2, 0.25) is 0 Å². The molecule has 6 nitrogen and oxygen atoms in total. The molecule has 8 heteroatoms. The Hall–Kier alpha value is -2.25. The molecular weight excluding hydrogens is 328 g/mol. The van der Waals surface area contributed by atoms with Gasteiger partial charge in [-0.2, -0.15) is 0 Å². The van der Waals surface area contributed by atoms with Gasteiger partial charge in [0.05, 0.1) is 16.1 Å². The Morgan fingerprint density at radius 3 is 2.73 bits per heavy atom. The van der Waals surface area contributed by atoms with Crippen molar-refractivity contribution in [2.24, 2.45) is 0 Å². The third-order valence-corrected chi connectivity index (χ3v) is 4.74. The van der Waals surface area contributed by atoms with E-state index in [9.17, 15) is 13.2 Å². The van der Waals surface area contributed by atoms with E-state index in [0.29, 0.717) is 16.2 Å². The summed E-state index contributed by atoms with van der Waals surface area (Å²) < 4.78 is 32.2. The van der Waals surface area contributed by atoms with Crippen molar-refractivity contribution in [3.63, 3.8) is 0 Å². The molecule has 3 rings (SSSR count). The van der Waals surface area contributed by atoms with E-state index < -0.39 is 15.8 Å².